The maximum atomic E-state index is 12.8. The molecule has 1 aromatic rings. The highest BCUT2D eigenvalue weighted by Crippen LogP contribution is 2.25. The molecule has 1 aromatic carbocycles. The average molecular weight is 410 g/mol. The van der Waals surface area contributed by atoms with Crippen LogP contribution in [0.1, 0.15) is 25.7 Å². The SMILES string of the molecule is Cl.NC1CCCN(S(=O)(=O)c2cccc(S(=O)(=O)N3CCCC3)c2)C1. The third-order valence-electron chi connectivity index (χ3n) is 4.57. The summed E-state index contributed by atoms with van der Waals surface area (Å²) >= 11 is 0. The summed E-state index contributed by atoms with van der Waals surface area (Å²) in [4.78, 5) is 0.0451. The van der Waals surface area contributed by atoms with E-state index in [1.807, 2.05) is 0 Å². The van der Waals surface area contributed by atoms with Gasteiger partial charge in [-0.25, -0.2) is 16.8 Å². The third-order valence-corrected chi connectivity index (χ3v) is 8.32. The molecule has 0 aromatic heterocycles. The number of sulfonamides is 2. The van der Waals surface area contributed by atoms with Gasteiger partial charge in [-0.3, -0.25) is 0 Å². The fraction of sp³-hybridized carbons (Fsp3) is 0.600. The Kier molecular flexibility index (Phi) is 6.50. The average Bonchev–Trinajstić information content (AvgIpc) is 3.10. The number of benzene rings is 1. The lowest BCUT2D eigenvalue weighted by molar-refractivity contribution is 0.316. The zero-order chi connectivity index (χ0) is 17.4. The lowest BCUT2D eigenvalue weighted by Gasteiger charge is -2.30. The molecule has 7 nitrogen and oxygen atoms in total. The van der Waals surface area contributed by atoms with Gasteiger partial charge in [0.15, 0.2) is 0 Å². The van der Waals surface area contributed by atoms with Crippen molar-refractivity contribution in [3.05, 3.63) is 24.3 Å². The van der Waals surface area contributed by atoms with Crippen LogP contribution in [-0.2, 0) is 20.0 Å². The molecule has 0 spiro atoms. The van der Waals surface area contributed by atoms with Gasteiger partial charge >= 0.3 is 0 Å². The van der Waals surface area contributed by atoms with Gasteiger partial charge in [-0.1, -0.05) is 6.07 Å². The molecule has 1 atom stereocenters. The number of nitrogens with zero attached hydrogens (tertiary/aromatic N) is 2. The van der Waals surface area contributed by atoms with E-state index < -0.39 is 20.0 Å². The zero-order valence-electron chi connectivity index (χ0n) is 13.9. The Morgan fingerprint density at radius 1 is 0.880 bits per heavy atom. The van der Waals surface area contributed by atoms with Crippen LogP contribution in [0.15, 0.2) is 34.1 Å². The van der Waals surface area contributed by atoms with E-state index in [0.717, 1.165) is 19.3 Å². The zero-order valence-corrected chi connectivity index (χ0v) is 16.3. The quantitative estimate of drug-likeness (QED) is 0.799. The van der Waals surface area contributed by atoms with E-state index in [2.05, 4.69) is 0 Å². The van der Waals surface area contributed by atoms with Gasteiger partial charge in [0.05, 0.1) is 9.79 Å². The second-order valence-electron chi connectivity index (χ2n) is 6.35. The van der Waals surface area contributed by atoms with Crippen LogP contribution in [0.3, 0.4) is 0 Å². The van der Waals surface area contributed by atoms with E-state index in [1.54, 1.807) is 0 Å². The molecular formula is C15H24ClN3O4S2. The molecule has 2 aliphatic rings. The molecule has 2 fully saturated rings. The van der Waals surface area contributed by atoms with Crippen molar-refractivity contribution in [2.45, 2.75) is 41.5 Å². The van der Waals surface area contributed by atoms with Crippen LogP contribution < -0.4 is 5.73 Å². The van der Waals surface area contributed by atoms with Gasteiger partial charge in [0, 0.05) is 32.2 Å². The first-order valence-corrected chi connectivity index (χ1v) is 11.1. The molecule has 2 heterocycles. The number of halogens is 1. The van der Waals surface area contributed by atoms with Gasteiger partial charge < -0.3 is 5.73 Å². The Bertz CT molecular complexity index is 808. The first kappa shape index (κ1) is 20.6. The minimum atomic E-state index is -3.73. The Morgan fingerprint density at radius 3 is 1.96 bits per heavy atom. The molecule has 2 saturated heterocycles. The summed E-state index contributed by atoms with van der Waals surface area (Å²) < 4.78 is 53.6. The fourth-order valence-corrected chi connectivity index (χ4v) is 6.43. The molecule has 10 heteroatoms. The van der Waals surface area contributed by atoms with Crippen LogP contribution in [0.2, 0.25) is 0 Å². The molecule has 0 aliphatic carbocycles. The van der Waals surface area contributed by atoms with Gasteiger partial charge in [0.25, 0.3) is 0 Å². The van der Waals surface area contributed by atoms with Crippen molar-refractivity contribution in [2.24, 2.45) is 5.73 Å². The minimum Gasteiger partial charge on any atom is -0.327 e. The number of rotatable bonds is 4. The molecule has 3 rings (SSSR count). The van der Waals surface area contributed by atoms with Gasteiger partial charge in [0.1, 0.15) is 0 Å². The summed E-state index contributed by atoms with van der Waals surface area (Å²) in [5.74, 6) is 0. The van der Waals surface area contributed by atoms with E-state index in [9.17, 15) is 16.8 Å². The van der Waals surface area contributed by atoms with Gasteiger partial charge in [-0.05, 0) is 43.9 Å². The standard InChI is InChI=1S/C15H23N3O4S2.ClH/c16-13-5-4-10-18(12-13)24(21,22)15-7-3-6-14(11-15)23(19,20)17-8-1-2-9-17;/h3,6-7,11,13H,1-2,4-5,8-10,12,16H2;1H. The molecule has 0 radical (unpaired) electrons. The summed E-state index contributed by atoms with van der Waals surface area (Å²) in [6.07, 6.45) is 3.19. The van der Waals surface area contributed by atoms with Crippen LogP contribution in [0, 0.1) is 0 Å². The second kappa shape index (κ2) is 7.89. The second-order valence-corrected chi connectivity index (χ2v) is 10.2. The van der Waals surface area contributed by atoms with Crippen molar-refractivity contribution < 1.29 is 16.8 Å². The number of nitrogens with two attached hydrogens (primary N) is 1. The highest BCUT2D eigenvalue weighted by molar-refractivity contribution is 7.90. The van der Waals surface area contributed by atoms with Crippen LogP contribution in [0.25, 0.3) is 0 Å². The van der Waals surface area contributed by atoms with Crippen molar-refractivity contribution >= 4 is 32.5 Å². The first-order chi connectivity index (χ1) is 11.3. The maximum Gasteiger partial charge on any atom is 0.243 e. The van der Waals surface area contributed by atoms with E-state index in [4.69, 9.17) is 5.73 Å². The van der Waals surface area contributed by atoms with Gasteiger partial charge in [0.2, 0.25) is 20.0 Å². The van der Waals surface area contributed by atoms with Crippen LogP contribution >= 0.6 is 12.4 Å². The normalized spacial score (nSPS) is 23.3. The van der Waals surface area contributed by atoms with Crippen molar-refractivity contribution in [1.82, 2.24) is 8.61 Å². The largest absolute Gasteiger partial charge is 0.327 e. The van der Waals surface area contributed by atoms with Crippen LogP contribution in [-0.4, -0.2) is 57.7 Å². The van der Waals surface area contributed by atoms with Crippen molar-refractivity contribution in [3.8, 4) is 0 Å². The molecule has 2 N–H and O–H groups in total. The Balaban J connectivity index is 0.00000225. The maximum absolute atomic E-state index is 12.8. The number of hydrogen-bond donors (Lipinski definition) is 1. The number of hydrogen-bond acceptors (Lipinski definition) is 5. The Hall–Kier alpha value is -0.710. The van der Waals surface area contributed by atoms with Crippen LogP contribution in [0.4, 0.5) is 0 Å². The molecular weight excluding hydrogens is 386 g/mol. The molecule has 142 valence electrons. The summed E-state index contributed by atoms with van der Waals surface area (Å²) in [5, 5.41) is 0. The summed E-state index contributed by atoms with van der Waals surface area (Å²) in [5.41, 5.74) is 5.87. The monoisotopic (exact) mass is 409 g/mol. The van der Waals surface area contributed by atoms with Gasteiger partial charge in [-0.15, -0.1) is 12.4 Å². The predicted octanol–water partition coefficient (Wildman–Crippen LogP) is 1.00. The van der Waals surface area contributed by atoms with Crippen molar-refractivity contribution in [3.63, 3.8) is 0 Å². The Labute approximate surface area is 155 Å². The van der Waals surface area contributed by atoms with E-state index in [0.29, 0.717) is 26.1 Å². The third kappa shape index (κ3) is 4.17. The van der Waals surface area contributed by atoms with E-state index >= 15 is 0 Å². The van der Waals surface area contributed by atoms with Gasteiger partial charge in [-0.2, -0.15) is 8.61 Å². The number of piperidine rings is 1. The first-order valence-electron chi connectivity index (χ1n) is 8.18. The molecule has 0 bridgehead atoms. The van der Waals surface area contributed by atoms with Crippen molar-refractivity contribution in [2.75, 3.05) is 26.2 Å². The topological polar surface area (TPSA) is 101 Å². The summed E-state index contributed by atoms with van der Waals surface area (Å²) in [6.45, 7) is 1.66. The molecule has 1 unspecified atom stereocenters. The predicted molar refractivity (Wildman–Crippen MR) is 97.7 cm³/mol. The lowest BCUT2D eigenvalue weighted by atomic mass is 10.1. The molecule has 0 amide bonds. The minimum absolute atomic E-state index is 0. The lowest BCUT2D eigenvalue weighted by Crippen LogP contribution is -2.45. The molecule has 25 heavy (non-hydrogen) atoms. The van der Waals surface area contributed by atoms with Crippen molar-refractivity contribution in [1.29, 1.82) is 0 Å². The summed E-state index contributed by atoms with van der Waals surface area (Å²) in [7, 11) is -7.37. The van der Waals surface area contributed by atoms with Crippen LogP contribution in [0.5, 0.6) is 0 Å². The molecule has 2 aliphatic heterocycles. The van der Waals surface area contributed by atoms with E-state index in [-0.39, 0.29) is 34.8 Å². The Morgan fingerprint density at radius 2 is 1.40 bits per heavy atom. The summed E-state index contributed by atoms with van der Waals surface area (Å²) in [6, 6.07) is 5.47. The molecule has 0 saturated carbocycles. The smallest absolute Gasteiger partial charge is 0.243 e. The van der Waals surface area contributed by atoms with E-state index in [1.165, 1.54) is 32.9 Å². The highest BCUT2D eigenvalue weighted by Gasteiger charge is 2.31. The highest BCUT2D eigenvalue weighted by atomic mass is 35.5. The fourth-order valence-electron chi connectivity index (χ4n) is 3.21.